The van der Waals surface area contributed by atoms with Gasteiger partial charge >= 0.3 is 35.2 Å². The van der Waals surface area contributed by atoms with Gasteiger partial charge < -0.3 is 55.0 Å². The number of aliphatic hydroxyl groups excluding tert-OH is 4. The van der Waals surface area contributed by atoms with Crippen molar-refractivity contribution in [2.45, 2.75) is 56.5 Å². The van der Waals surface area contributed by atoms with Gasteiger partial charge in [-0.15, -0.1) is 0 Å². The molecule has 0 saturated carbocycles. The number of carbonyl (C=O) groups excluding carboxylic acids is 2. The van der Waals surface area contributed by atoms with Crippen molar-refractivity contribution >= 4 is 22.8 Å². The van der Waals surface area contributed by atoms with Crippen LogP contribution in [-0.4, -0.2) is 80.6 Å². The number of hydrogen-bond donors (Lipinski definition) is 5. The smallest absolute Gasteiger partial charge is 0.543 e. The molecule has 6 atom stereocenters. The fourth-order valence-corrected chi connectivity index (χ4v) is 3.78. The molecule has 188 valence electrons. The monoisotopic (exact) mass is 507 g/mol. The fourth-order valence-electron chi connectivity index (χ4n) is 3.78. The second-order valence-electron chi connectivity index (χ2n) is 7.87. The number of amides is 1. The van der Waals surface area contributed by atoms with E-state index in [1.54, 1.807) is 6.92 Å². The van der Waals surface area contributed by atoms with Crippen molar-refractivity contribution in [2.75, 3.05) is 6.61 Å². The standard InChI is InChI=1S/C21H25NO11.Na.H2O/c1-9-5-16(27)31-15-6-11(3-4-12(9)15)32-21(20(29)30)7-13(25)17(22-10(2)24)19(33-21)18(28)14(26)8-23;;/h3-6,13-14,17-19,23,25-26,28H,7-8H2,1-2H3,(H,22,24)(H,29,30);;1H2/q;+1;/p-1/t13-,14?,17+,18?,19+,21+;;/m0../s1. The van der Waals surface area contributed by atoms with Gasteiger partial charge in [0.2, 0.25) is 5.91 Å². The average Bonchev–Trinajstić information content (AvgIpc) is 2.73. The Labute approximate surface area is 220 Å². The van der Waals surface area contributed by atoms with Gasteiger partial charge in [0.25, 0.3) is 5.79 Å². The van der Waals surface area contributed by atoms with Gasteiger partial charge in [-0.05, 0) is 24.6 Å². The summed E-state index contributed by atoms with van der Waals surface area (Å²) < 4.78 is 16.1. The van der Waals surface area contributed by atoms with E-state index in [2.05, 4.69) is 5.32 Å². The summed E-state index contributed by atoms with van der Waals surface area (Å²) in [6.07, 6.45) is -7.76. The molecule has 2 aromatic rings. The van der Waals surface area contributed by atoms with E-state index in [0.717, 1.165) is 6.92 Å². The molecule has 7 N–H and O–H groups in total. The summed E-state index contributed by atoms with van der Waals surface area (Å²) in [6.45, 7) is 1.90. The summed E-state index contributed by atoms with van der Waals surface area (Å²) >= 11 is 0. The third-order valence-electron chi connectivity index (χ3n) is 5.38. The van der Waals surface area contributed by atoms with E-state index in [9.17, 15) is 39.9 Å². The molecule has 1 aromatic carbocycles. The molecule has 1 saturated heterocycles. The zero-order valence-corrected chi connectivity index (χ0v) is 21.3. The summed E-state index contributed by atoms with van der Waals surface area (Å²) in [4.78, 5) is 35.4. The summed E-state index contributed by atoms with van der Waals surface area (Å²) in [5.74, 6) is -5.32. The summed E-state index contributed by atoms with van der Waals surface area (Å²) in [7, 11) is 0. The van der Waals surface area contributed by atoms with E-state index in [1.807, 2.05) is 0 Å². The Bertz CT molecular complexity index is 1110. The first-order valence-corrected chi connectivity index (χ1v) is 10.0. The first kappa shape index (κ1) is 31.0. The Kier molecular flexibility index (Phi) is 10.8. The van der Waals surface area contributed by atoms with Gasteiger partial charge in [0, 0.05) is 30.9 Å². The van der Waals surface area contributed by atoms with E-state index in [0.29, 0.717) is 10.9 Å². The molecule has 14 heteroatoms. The number of aliphatic carboxylic acids is 1. The maximum atomic E-state index is 12.1. The van der Waals surface area contributed by atoms with Crippen molar-refractivity contribution in [3.05, 3.63) is 40.2 Å². The molecule has 0 radical (unpaired) electrons. The second-order valence-corrected chi connectivity index (χ2v) is 7.87. The zero-order valence-electron chi connectivity index (χ0n) is 19.3. The predicted molar refractivity (Wildman–Crippen MR) is 111 cm³/mol. The summed E-state index contributed by atoms with van der Waals surface area (Å²) in [5.41, 5.74) is 0.0901. The molecule has 0 aliphatic carbocycles. The third kappa shape index (κ3) is 6.58. The molecule has 35 heavy (non-hydrogen) atoms. The molecule has 1 aliphatic rings. The number of benzene rings is 1. The van der Waals surface area contributed by atoms with Gasteiger partial charge in [-0.1, -0.05) is 0 Å². The number of carboxylic acids is 1. The number of rotatable bonds is 7. The van der Waals surface area contributed by atoms with Crippen LogP contribution in [0.2, 0.25) is 0 Å². The molecule has 1 aliphatic heterocycles. The SMILES string of the molecule is CC(=O)N[C@@H]1[C@@H](O)C[C@](Oc2ccc3c(C)cc(=O)oc3c2)(C(=O)[O-])O[C@H]1C(O)C(O)CO.O.[Na+]. The quantitative estimate of drug-likeness (QED) is 0.175. The van der Waals surface area contributed by atoms with Crippen molar-refractivity contribution in [2.24, 2.45) is 0 Å². The average molecular weight is 507 g/mol. The molecule has 2 unspecified atom stereocenters. The molecule has 1 aromatic heterocycles. The van der Waals surface area contributed by atoms with Gasteiger partial charge in [-0.3, -0.25) is 4.79 Å². The summed E-state index contributed by atoms with van der Waals surface area (Å²) in [5, 5.41) is 55.1. The Morgan fingerprint density at radius 1 is 1.31 bits per heavy atom. The number of aryl methyl sites for hydroxylation is 1. The first-order chi connectivity index (χ1) is 15.5. The normalized spacial score (nSPS) is 25.5. The van der Waals surface area contributed by atoms with E-state index in [1.165, 1.54) is 24.3 Å². The van der Waals surface area contributed by atoms with Crippen molar-refractivity contribution < 1.29 is 84.0 Å². The van der Waals surface area contributed by atoms with Crippen molar-refractivity contribution in [3.63, 3.8) is 0 Å². The van der Waals surface area contributed by atoms with Gasteiger partial charge in [0.1, 0.15) is 35.6 Å². The van der Waals surface area contributed by atoms with E-state index in [4.69, 9.17) is 13.9 Å². The van der Waals surface area contributed by atoms with Crippen LogP contribution in [0.25, 0.3) is 11.0 Å². The Balaban J connectivity index is 0.00000306. The minimum atomic E-state index is -2.66. The molecule has 1 fully saturated rings. The maximum Gasteiger partial charge on any atom is 1.00 e. The number of carboxylic acid groups (broad SMARTS) is 1. The molecular formula is C21H26NNaO12. The maximum absolute atomic E-state index is 12.1. The molecule has 1 amide bonds. The van der Waals surface area contributed by atoms with Crippen LogP contribution in [0.4, 0.5) is 0 Å². The number of ether oxygens (including phenoxy) is 2. The number of aliphatic hydroxyl groups is 4. The van der Waals surface area contributed by atoms with Crippen molar-refractivity contribution in [3.8, 4) is 5.75 Å². The van der Waals surface area contributed by atoms with E-state index < -0.39 is 66.8 Å². The van der Waals surface area contributed by atoms with Crippen LogP contribution in [0.15, 0.2) is 33.5 Å². The van der Waals surface area contributed by atoms with Crippen LogP contribution < -0.4 is 50.3 Å². The molecule has 2 heterocycles. The Hall–Kier alpha value is -2.07. The van der Waals surface area contributed by atoms with Crippen LogP contribution in [0, 0.1) is 6.92 Å². The van der Waals surface area contributed by atoms with Crippen molar-refractivity contribution in [1.82, 2.24) is 5.32 Å². The minimum absolute atomic E-state index is 0. The number of hydrogen-bond acceptors (Lipinski definition) is 11. The van der Waals surface area contributed by atoms with Crippen LogP contribution >= 0.6 is 0 Å². The Morgan fingerprint density at radius 2 is 1.97 bits per heavy atom. The number of nitrogens with one attached hydrogen (secondary N) is 1. The van der Waals surface area contributed by atoms with Gasteiger partial charge in [-0.25, -0.2) is 4.79 Å². The van der Waals surface area contributed by atoms with E-state index >= 15 is 0 Å². The number of fused-ring (bicyclic) bond motifs is 1. The molecule has 0 spiro atoms. The molecule has 0 bridgehead atoms. The van der Waals surface area contributed by atoms with Crippen LogP contribution in [0.3, 0.4) is 0 Å². The van der Waals surface area contributed by atoms with Crippen molar-refractivity contribution in [1.29, 1.82) is 0 Å². The molecular weight excluding hydrogens is 481 g/mol. The van der Waals surface area contributed by atoms with Gasteiger partial charge in [0.15, 0.2) is 0 Å². The molecule has 13 nitrogen and oxygen atoms in total. The van der Waals surface area contributed by atoms with Crippen LogP contribution in [0.5, 0.6) is 5.75 Å². The Morgan fingerprint density at radius 3 is 2.54 bits per heavy atom. The van der Waals surface area contributed by atoms with E-state index in [-0.39, 0.29) is 46.4 Å². The fraction of sp³-hybridized carbons (Fsp3) is 0.476. The zero-order chi connectivity index (χ0) is 24.5. The van der Waals surface area contributed by atoms with Gasteiger partial charge in [0.05, 0.1) is 18.8 Å². The third-order valence-corrected chi connectivity index (χ3v) is 5.38. The molecule has 3 rings (SSSR count). The van der Waals surface area contributed by atoms with Gasteiger partial charge in [-0.2, -0.15) is 0 Å². The minimum Gasteiger partial charge on any atom is -0.543 e. The predicted octanol–water partition coefficient (Wildman–Crippen LogP) is -6.53. The van der Waals surface area contributed by atoms with Crippen LogP contribution in [-0.2, 0) is 14.3 Å². The topological polar surface area (TPSA) is 230 Å². The largest absolute Gasteiger partial charge is 1.00 e. The van der Waals surface area contributed by atoms with Crippen LogP contribution in [0.1, 0.15) is 18.9 Å². The summed E-state index contributed by atoms with van der Waals surface area (Å²) in [6, 6.07) is 4.09. The second kappa shape index (κ2) is 12.3. The number of carbonyl (C=O) groups is 2. The first-order valence-electron chi connectivity index (χ1n) is 10.0.